The largest absolute Gasteiger partial charge is 0.316 e. The van der Waals surface area contributed by atoms with Crippen LogP contribution in [-0.2, 0) is 14.8 Å². The molecule has 3 aromatic carbocycles. The molecule has 4 aromatic rings. The molecule has 0 unspecified atom stereocenters. The maximum atomic E-state index is 13.5. The van der Waals surface area contributed by atoms with Crippen LogP contribution in [0.3, 0.4) is 0 Å². The zero-order valence-electron chi connectivity index (χ0n) is 21.3. The van der Waals surface area contributed by atoms with Gasteiger partial charge in [0.2, 0.25) is 0 Å². The number of anilines is 1. The van der Waals surface area contributed by atoms with Crippen LogP contribution in [-0.4, -0.2) is 31.7 Å². The van der Waals surface area contributed by atoms with Crippen molar-refractivity contribution in [3.05, 3.63) is 110 Å². The van der Waals surface area contributed by atoms with E-state index >= 15 is 0 Å². The van der Waals surface area contributed by atoms with E-state index in [9.17, 15) is 13.2 Å². The van der Waals surface area contributed by atoms with Gasteiger partial charge >= 0.3 is 0 Å². The van der Waals surface area contributed by atoms with Gasteiger partial charge in [0.05, 0.1) is 32.5 Å². The first-order valence-electron chi connectivity index (χ1n) is 11.8. The molecule has 0 aliphatic carbocycles. The zero-order valence-corrected chi connectivity index (χ0v) is 24.4. The molecule has 4 rings (SSSR count). The third-order valence-corrected chi connectivity index (χ3v) is 8.90. The smallest absolute Gasteiger partial charge is 0.264 e. The number of nitrogens with zero attached hydrogens (tertiary/aromatic N) is 3. The Bertz CT molecular complexity index is 1650. The SMILES string of the molecule is Cc1ccc(S(=O)(=O)N(CC(=O)N/N=C\c2cc(C)n(-c3cccc(Cl)c3Cl)c2C)c2ccc(Cl)cc2)cc1. The number of aromatic nitrogens is 1. The Morgan fingerprint density at radius 1 is 0.974 bits per heavy atom. The summed E-state index contributed by atoms with van der Waals surface area (Å²) in [5.74, 6) is -0.622. The standard InChI is InChI=1S/C28H25Cl3N4O3S/c1-18-7-13-24(14-8-18)39(37,38)34(23-11-9-22(29)10-12-23)17-27(36)33-32-16-21-15-19(2)35(20(21)3)26-6-4-5-25(30)28(26)31/h4-16H,17H2,1-3H3,(H,33,36)/b32-16-. The number of hydrazone groups is 1. The van der Waals surface area contributed by atoms with Gasteiger partial charge in [0, 0.05) is 22.0 Å². The van der Waals surface area contributed by atoms with Crippen molar-refractivity contribution in [3.63, 3.8) is 0 Å². The van der Waals surface area contributed by atoms with Crippen LogP contribution in [0.1, 0.15) is 22.5 Å². The average Bonchev–Trinajstić information content (AvgIpc) is 3.17. The predicted molar refractivity (Wildman–Crippen MR) is 158 cm³/mol. The van der Waals surface area contributed by atoms with Crippen LogP contribution in [0.15, 0.2) is 82.8 Å². The number of rotatable bonds is 8. The first-order valence-corrected chi connectivity index (χ1v) is 14.4. The van der Waals surface area contributed by atoms with E-state index in [0.717, 1.165) is 32.5 Å². The van der Waals surface area contributed by atoms with Crippen LogP contribution in [0.5, 0.6) is 0 Å². The van der Waals surface area contributed by atoms with Crippen molar-refractivity contribution in [1.82, 2.24) is 9.99 Å². The maximum absolute atomic E-state index is 13.5. The van der Waals surface area contributed by atoms with Gasteiger partial charge < -0.3 is 4.57 Å². The van der Waals surface area contributed by atoms with Crippen molar-refractivity contribution in [1.29, 1.82) is 0 Å². The molecule has 0 fully saturated rings. The number of sulfonamides is 1. The Labute approximate surface area is 242 Å². The normalized spacial score (nSPS) is 11.6. The molecule has 11 heteroatoms. The molecule has 0 aliphatic heterocycles. The third-order valence-electron chi connectivity index (χ3n) is 6.05. The molecule has 0 spiro atoms. The Hall–Kier alpha value is -3.30. The van der Waals surface area contributed by atoms with Crippen molar-refractivity contribution in [2.45, 2.75) is 25.7 Å². The third kappa shape index (κ3) is 6.31. The second-order valence-electron chi connectivity index (χ2n) is 8.83. The van der Waals surface area contributed by atoms with Crippen LogP contribution in [0.4, 0.5) is 5.69 Å². The number of hydrogen-bond acceptors (Lipinski definition) is 4. The van der Waals surface area contributed by atoms with Crippen molar-refractivity contribution < 1.29 is 13.2 Å². The highest BCUT2D eigenvalue weighted by atomic mass is 35.5. The van der Waals surface area contributed by atoms with E-state index in [4.69, 9.17) is 34.8 Å². The highest BCUT2D eigenvalue weighted by molar-refractivity contribution is 7.92. The van der Waals surface area contributed by atoms with Crippen LogP contribution >= 0.6 is 34.8 Å². The van der Waals surface area contributed by atoms with E-state index in [1.54, 1.807) is 42.5 Å². The second-order valence-corrected chi connectivity index (χ2v) is 11.9. The molecule has 39 heavy (non-hydrogen) atoms. The quantitative estimate of drug-likeness (QED) is 0.180. The summed E-state index contributed by atoms with van der Waals surface area (Å²) in [6, 6.07) is 19.9. The fourth-order valence-electron chi connectivity index (χ4n) is 4.05. The number of halogens is 3. The molecule has 202 valence electrons. The maximum Gasteiger partial charge on any atom is 0.264 e. The monoisotopic (exact) mass is 602 g/mol. The van der Waals surface area contributed by atoms with E-state index in [-0.39, 0.29) is 4.90 Å². The lowest BCUT2D eigenvalue weighted by molar-refractivity contribution is -0.119. The number of carbonyl (C=O) groups is 1. The molecule has 1 amide bonds. The Morgan fingerprint density at radius 2 is 1.64 bits per heavy atom. The van der Waals surface area contributed by atoms with Gasteiger partial charge in [0.1, 0.15) is 6.54 Å². The van der Waals surface area contributed by atoms with Crippen molar-refractivity contribution >= 4 is 62.6 Å². The Balaban J connectivity index is 1.56. The molecular formula is C28H25Cl3N4O3S. The van der Waals surface area contributed by atoms with Crippen LogP contribution in [0, 0.1) is 20.8 Å². The highest BCUT2D eigenvalue weighted by Gasteiger charge is 2.27. The number of hydrogen-bond donors (Lipinski definition) is 1. The average molecular weight is 604 g/mol. The molecule has 0 atom stereocenters. The Kier molecular flexibility index (Phi) is 8.71. The Morgan fingerprint density at radius 3 is 2.31 bits per heavy atom. The van der Waals surface area contributed by atoms with Crippen LogP contribution in [0.2, 0.25) is 15.1 Å². The lowest BCUT2D eigenvalue weighted by atomic mass is 10.2. The summed E-state index contributed by atoms with van der Waals surface area (Å²) in [4.78, 5) is 12.9. The van der Waals surface area contributed by atoms with Crippen LogP contribution in [0.25, 0.3) is 5.69 Å². The van der Waals surface area contributed by atoms with Crippen molar-refractivity contribution in [2.24, 2.45) is 5.10 Å². The molecule has 1 heterocycles. The molecule has 0 radical (unpaired) electrons. The van der Waals surface area contributed by atoms with E-state index < -0.39 is 22.5 Å². The van der Waals surface area contributed by atoms with Gasteiger partial charge in [-0.2, -0.15) is 5.10 Å². The summed E-state index contributed by atoms with van der Waals surface area (Å²) < 4.78 is 29.9. The van der Waals surface area contributed by atoms with Gasteiger partial charge in [-0.25, -0.2) is 13.8 Å². The number of aryl methyl sites for hydroxylation is 2. The summed E-state index contributed by atoms with van der Waals surface area (Å²) in [5, 5.41) is 5.39. The summed E-state index contributed by atoms with van der Waals surface area (Å²) >= 11 is 18.6. The van der Waals surface area contributed by atoms with Gasteiger partial charge in [-0.05, 0) is 75.4 Å². The molecule has 1 N–H and O–H groups in total. The van der Waals surface area contributed by atoms with Gasteiger partial charge in [-0.3, -0.25) is 9.10 Å². The van der Waals surface area contributed by atoms with E-state index in [1.807, 2.05) is 43.5 Å². The number of benzene rings is 3. The zero-order chi connectivity index (χ0) is 28.3. The lowest BCUT2D eigenvalue weighted by Crippen LogP contribution is -2.39. The van der Waals surface area contributed by atoms with E-state index in [2.05, 4.69) is 10.5 Å². The summed E-state index contributed by atoms with van der Waals surface area (Å²) in [6.07, 6.45) is 1.50. The second kappa shape index (κ2) is 11.8. The molecule has 1 aromatic heterocycles. The van der Waals surface area contributed by atoms with Crippen LogP contribution < -0.4 is 9.73 Å². The summed E-state index contributed by atoms with van der Waals surface area (Å²) in [7, 11) is -4.05. The van der Waals surface area contributed by atoms with Gasteiger partial charge in [-0.15, -0.1) is 0 Å². The summed E-state index contributed by atoms with van der Waals surface area (Å²) in [6.45, 7) is 5.18. The molecule has 0 aliphatic rings. The number of amides is 1. The summed E-state index contributed by atoms with van der Waals surface area (Å²) in [5.41, 5.74) is 6.83. The minimum atomic E-state index is -4.05. The van der Waals surface area contributed by atoms with Gasteiger partial charge in [-0.1, -0.05) is 58.6 Å². The number of nitrogens with one attached hydrogen (secondary N) is 1. The van der Waals surface area contributed by atoms with Crippen molar-refractivity contribution in [2.75, 3.05) is 10.8 Å². The van der Waals surface area contributed by atoms with Gasteiger partial charge in [0.15, 0.2) is 0 Å². The van der Waals surface area contributed by atoms with E-state index in [0.29, 0.717) is 20.8 Å². The van der Waals surface area contributed by atoms with Gasteiger partial charge in [0.25, 0.3) is 15.9 Å². The first kappa shape index (κ1) is 28.7. The van der Waals surface area contributed by atoms with E-state index in [1.165, 1.54) is 18.3 Å². The minimum absolute atomic E-state index is 0.0615. The molecule has 0 saturated carbocycles. The minimum Gasteiger partial charge on any atom is -0.316 e. The highest BCUT2D eigenvalue weighted by Crippen LogP contribution is 2.31. The lowest BCUT2D eigenvalue weighted by Gasteiger charge is -2.23. The van der Waals surface area contributed by atoms with Crippen molar-refractivity contribution in [3.8, 4) is 5.69 Å². The first-order chi connectivity index (χ1) is 18.5. The fourth-order valence-corrected chi connectivity index (χ4v) is 5.98. The molecular weight excluding hydrogens is 579 g/mol. The molecule has 0 bridgehead atoms. The predicted octanol–water partition coefficient (Wildman–Crippen LogP) is 6.71. The topological polar surface area (TPSA) is 83.8 Å². The molecule has 0 saturated heterocycles. The number of carbonyl (C=O) groups excluding carboxylic acids is 1. The fraction of sp³-hybridized carbons (Fsp3) is 0.143. The molecule has 7 nitrogen and oxygen atoms in total.